The van der Waals surface area contributed by atoms with E-state index in [9.17, 15) is 14.4 Å². The second kappa shape index (κ2) is 38.6. The van der Waals surface area contributed by atoms with Gasteiger partial charge in [-0.25, -0.2) is 0 Å². The quantitative estimate of drug-likeness (QED) is 0.0359. The van der Waals surface area contributed by atoms with E-state index in [1.807, 2.05) is 0 Å². The molecule has 0 aliphatic carbocycles. The van der Waals surface area contributed by atoms with Crippen LogP contribution in [0.15, 0.2) is 0 Å². The van der Waals surface area contributed by atoms with Crippen molar-refractivity contribution in [1.29, 1.82) is 0 Å². The predicted octanol–water partition coefficient (Wildman–Crippen LogP) is 13.6. The first-order chi connectivity index (χ1) is 24.4. The molecule has 6 nitrogen and oxygen atoms in total. The van der Waals surface area contributed by atoms with Crippen LogP contribution in [0.5, 0.6) is 0 Å². The molecule has 0 saturated heterocycles. The first-order valence-corrected chi connectivity index (χ1v) is 21.9. The van der Waals surface area contributed by atoms with Gasteiger partial charge in [0.2, 0.25) is 0 Å². The van der Waals surface area contributed by atoms with Crippen LogP contribution >= 0.6 is 0 Å². The van der Waals surface area contributed by atoms with Gasteiger partial charge in [0.15, 0.2) is 6.10 Å². The molecule has 0 aromatic carbocycles. The highest BCUT2D eigenvalue weighted by Crippen LogP contribution is 2.16. The summed E-state index contributed by atoms with van der Waals surface area (Å²) in [5.74, 6) is -0.0159. The SMILES string of the molecule is CCCCCCCCCCCCCCCC(=O)O[C@@H](COC(=O)CCCCCCCCC)COC(=O)CCCCCCCCCCC(C)CC. The van der Waals surface area contributed by atoms with Crippen molar-refractivity contribution in [3.05, 3.63) is 0 Å². The first-order valence-electron chi connectivity index (χ1n) is 21.9. The average Bonchev–Trinajstić information content (AvgIpc) is 3.11. The molecule has 0 spiro atoms. The molecule has 1 unspecified atom stereocenters. The summed E-state index contributed by atoms with van der Waals surface area (Å²) in [6.45, 7) is 8.95. The summed E-state index contributed by atoms with van der Waals surface area (Å²) in [6.07, 6.45) is 36.6. The lowest BCUT2D eigenvalue weighted by molar-refractivity contribution is -0.167. The van der Waals surface area contributed by atoms with E-state index in [4.69, 9.17) is 14.2 Å². The summed E-state index contributed by atoms with van der Waals surface area (Å²) in [7, 11) is 0. The van der Waals surface area contributed by atoms with Gasteiger partial charge in [-0.2, -0.15) is 0 Å². The van der Waals surface area contributed by atoms with Crippen molar-refractivity contribution in [2.45, 2.75) is 246 Å². The highest BCUT2D eigenvalue weighted by atomic mass is 16.6. The van der Waals surface area contributed by atoms with Crippen LogP contribution in [-0.2, 0) is 28.6 Å². The van der Waals surface area contributed by atoms with Crippen molar-refractivity contribution in [3.8, 4) is 0 Å². The molecule has 6 heteroatoms. The molecule has 0 N–H and O–H groups in total. The Morgan fingerprint density at radius 3 is 1.04 bits per heavy atom. The lowest BCUT2D eigenvalue weighted by Crippen LogP contribution is -2.30. The molecule has 0 rings (SSSR count). The number of rotatable bonds is 39. The number of carbonyl (C=O) groups is 3. The van der Waals surface area contributed by atoms with Gasteiger partial charge in [-0.05, 0) is 25.2 Å². The lowest BCUT2D eigenvalue weighted by Gasteiger charge is -2.18. The lowest BCUT2D eigenvalue weighted by atomic mass is 9.99. The zero-order valence-electron chi connectivity index (χ0n) is 33.9. The molecular formula is C44H84O6. The molecule has 0 aliphatic rings. The second-order valence-electron chi connectivity index (χ2n) is 15.2. The van der Waals surface area contributed by atoms with Crippen LogP contribution in [0.25, 0.3) is 0 Å². The fourth-order valence-corrected chi connectivity index (χ4v) is 6.42. The van der Waals surface area contributed by atoms with Crippen molar-refractivity contribution in [3.63, 3.8) is 0 Å². The molecule has 0 aromatic heterocycles. The summed E-state index contributed by atoms with van der Waals surface area (Å²) in [5.41, 5.74) is 0. The minimum absolute atomic E-state index is 0.0649. The van der Waals surface area contributed by atoms with Crippen LogP contribution in [0, 0.1) is 5.92 Å². The highest BCUT2D eigenvalue weighted by Gasteiger charge is 2.19. The molecule has 0 amide bonds. The van der Waals surface area contributed by atoms with E-state index in [1.165, 1.54) is 135 Å². The molecular weight excluding hydrogens is 624 g/mol. The standard InChI is InChI=1S/C44H84O6/c1-5-8-10-12-14-15-16-17-18-19-25-29-33-37-44(47)50-41(38-48-42(45)35-31-27-22-13-11-9-6-2)39-49-43(46)36-32-28-24-21-20-23-26-30-34-40(4)7-3/h40-41H,5-39H2,1-4H3/t40?,41-/m0/s1. The van der Waals surface area contributed by atoms with Crippen molar-refractivity contribution in [2.75, 3.05) is 13.2 Å². The van der Waals surface area contributed by atoms with E-state index in [0.717, 1.165) is 63.7 Å². The molecule has 0 aromatic rings. The Morgan fingerprint density at radius 1 is 0.400 bits per heavy atom. The minimum Gasteiger partial charge on any atom is -0.462 e. The fraction of sp³-hybridized carbons (Fsp3) is 0.932. The van der Waals surface area contributed by atoms with Crippen LogP contribution in [0.1, 0.15) is 240 Å². The molecule has 0 radical (unpaired) electrons. The molecule has 2 atom stereocenters. The second-order valence-corrected chi connectivity index (χ2v) is 15.2. The number of hydrogen-bond acceptors (Lipinski definition) is 6. The maximum Gasteiger partial charge on any atom is 0.306 e. The van der Waals surface area contributed by atoms with Crippen molar-refractivity contribution < 1.29 is 28.6 Å². The van der Waals surface area contributed by atoms with Crippen molar-refractivity contribution >= 4 is 17.9 Å². The number of hydrogen-bond donors (Lipinski definition) is 0. The zero-order chi connectivity index (χ0) is 36.8. The zero-order valence-corrected chi connectivity index (χ0v) is 33.9. The average molecular weight is 709 g/mol. The van der Waals surface area contributed by atoms with Gasteiger partial charge in [0, 0.05) is 19.3 Å². The van der Waals surface area contributed by atoms with Gasteiger partial charge in [0.25, 0.3) is 0 Å². The van der Waals surface area contributed by atoms with Gasteiger partial charge in [-0.15, -0.1) is 0 Å². The monoisotopic (exact) mass is 709 g/mol. The summed E-state index contributed by atoms with van der Waals surface area (Å²) in [4.78, 5) is 37.5. The van der Waals surface area contributed by atoms with E-state index in [2.05, 4.69) is 27.7 Å². The van der Waals surface area contributed by atoms with Gasteiger partial charge in [0.05, 0.1) is 0 Å². The van der Waals surface area contributed by atoms with Crippen molar-refractivity contribution in [2.24, 2.45) is 5.92 Å². The Hall–Kier alpha value is -1.59. The number of esters is 3. The molecule has 0 heterocycles. The summed E-state index contributed by atoms with van der Waals surface area (Å²) in [6, 6.07) is 0. The van der Waals surface area contributed by atoms with Crippen LogP contribution in [-0.4, -0.2) is 37.2 Å². The third-order valence-corrected chi connectivity index (χ3v) is 10.2. The molecule has 50 heavy (non-hydrogen) atoms. The van der Waals surface area contributed by atoms with Gasteiger partial charge in [-0.3, -0.25) is 14.4 Å². The van der Waals surface area contributed by atoms with E-state index >= 15 is 0 Å². The normalized spacial score (nSPS) is 12.5. The van der Waals surface area contributed by atoms with Crippen molar-refractivity contribution in [1.82, 2.24) is 0 Å². The molecule has 296 valence electrons. The summed E-state index contributed by atoms with van der Waals surface area (Å²) in [5, 5.41) is 0. The largest absolute Gasteiger partial charge is 0.462 e. The van der Waals surface area contributed by atoms with Gasteiger partial charge in [0.1, 0.15) is 13.2 Å². The van der Waals surface area contributed by atoms with Crippen LogP contribution in [0.2, 0.25) is 0 Å². The van der Waals surface area contributed by atoms with E-state index < -0.39 is 6.10 Å². The predicted molar refractivity (Wildman–Crippen MR) is 210 cm³/mol. The third-order valence-electron chi connectivity index (χ3n) is 10.2. The maximum atomic E-state index is 12.7. The summed E-state index contributed by atoms with van der Waals surface area (Å²) < 4.78 is 16.6. The Morgan fingerprint density at radius 2 is 0.700 bits per heavy atom. The van der Waals surface area contributed by atoms with Crippen LogP contribution in [0.3, 0.4) is 0 Å². The molecule has 0 fully saturated rings. The molecule has 0 aliphatic heterocycles. The number of carbonyl (C=O) groups excluding carboxylic acids is 3. The molecule has 0 bridgehead atoms. The van der Waals surface area contributed by atoms with E-state index in [-0.39, 0.29) is 31.1 Å². The number of ether oxygens (including phenoxy) is 3. The minimum atomic E-state index is -0.758. The number of unbranched alkanes of at least 4 members (excludes halogenated alkanes) is 25. The van der Waals surface area contributed by atoms with Gasteiger partial charge >= 0.3 is 17.9 Å². The highest BCUT2D eigenvalue weighted by molar-refractivity contribution is 5.71. The van der Waals surface area contributed by atoms with Crippen LogP contribution in [0.4, 0.5) is 0 Å². The van der Waals surface area contributed by atoms with Gasteiger partial charge in [-0.1, -0.05) is 201 Å². The maximum absolute atomic E-state index is 12.7. The van der Waals surface area contributed by atoms with Gasteiger partial charge < -0.3 is 14.2 Å². The Labute approximate surface area is 310 Å². The summed E-state index contributed by atoms with van der Waals surface area (Å²) >= 11 is 0. The third kappa shape index (κ3) is 36.2. The smallest absolute Gasteiger partial charge is 0.306 e. The fourth-order valence-electron chi connectivity index (χ4n) is 6.42. The van der Waals surface area contributed by atoms with Crippen LogP contribution < -0.4 is 0 Å². The Kier molecular flexibility index (Phi) is 37.4. The molecule has 0 saturated carbocycles. The van der Waals surface area contributed by atoms with E-state index in [1.54, 1.807) is 0 Å². The first kappa shape index (κ1) is 48.4. The van der Waals surface area contributed by atoms with E-state index in [0.29, 0.717) is 19.3 Å². The Balaban J connectivity index is 4.30. The topological polar surface area (TPSA) is 78.9 Å². The Bertz CT molecular complexity index is 753.